The highest BCUT2D eigenvalue weighted by atomic mass is 32.2. The molecule has 8 heteroatoms. The molecule has 0 unspecified atom stereocenters. The van der Waals surface area contributed by atoms with Gasteiger partial charge in [0.15, 0.2) is 0 Å². The average molecular weight is 374 g/mol. The highest BCUT2D eigenvalue weighted by molar-refractivity contribution is 7.89. The van der Waals surface area contributed by atoms with Crippen LogP contribution in [0.4, 0.5) is 0 Å². The number of hydrogen-bond donors (Lipinski definition) is 1. The number of aromatic nitrogens is 2. The minimum Gasteiger partial charge on any atom is -0.335 e. The molecular weight excluding hydrogens is 352 g/mol. The van der Waals surface area contributed by atoms with Crippen LogP contribution in [0.5, 0.6) is 0 Å². The van der Waals surface area contributed by atoms with Crippen LogP contribution in [0.1, 0.15) is 29.3 Å². The lowest BCUT2D eigenvalue weighted by atomic mass is 10.1. The van der Waals surface area contributed by atoms with Gasteiger partial charge in [-0.25, -0.2) is 13.1 Å². The SMILES string of the molecule is CC1=CCN(C(=O)c2cccc(S(=O)(=O)NCc3cnn(C)c3)c2)CC1. The van der Waals surface area contributed by atoms with Gasteiger partial charge in [-0.3, -0.25) is 9.48 Å². The van der Waals surface area contributed by atoms with Gasteiger partial charge in [0, 0.05) is 44.0 Å². The van der Waals surface area contributed by atoms with Crippen LogP contribution in [0.25, 0.3) is 0 Å². The minimum atomic E-state index is -3.71. The van der Waals surface area contributed by atoms with E-state index in [9.17, 15) is 13.2 Å². The highest BCUT2D eigenvalue weighted by Gasteiger charge is 2.20. The second-order valence-corrected chi connectivity index (χ2v) is 8.19. The van der Waals surface area contributed by atoms with Crippen molar-refractivity contribution >= 4 is 15.9 Å². The van der Waals surface area contributed by atoms with E-state index in [0.29, 0.717) is 18.7 Å². The summed E-state index contributed by atoms with van der Waals surface area (Å²) in [6.45, 7) is 3.39. The van der Waals surface area contributed by atoms with E-state index in [1.807, 2.05) is 13.0 Å². The zero-order valence-corrected chi connectivity index (χ0v) is 15.7. The van der Waals surface area contributed by atoms with Gasteiger partial charge in [-0.15, -0.1) is 0 Å². The first-order valence-electron chi connectivity index (χ1n) is 8.37. The Balaban J connectivity index is 1.74. The fourth-order valence-corrected chi connectivity index (χ4v) is 3.82. The summed E-state index contributed by atoms with van der Waals surface area (Å²) in [6, 6.07) is 6.16. The van der Waals surface area contributed by atoms with Gasteiger partial charge in [-0.2, -0.15) is 5.10 Å². The molecule has 1 aromatic heterocycles. The predicted molar refractivity (Wildman–Crippen MR) is 98.0 cm³/mol. The van der Waals surface area contributed by atoms with Crippen LogP contribution in [0.15, 0.2) is 53.2 Å². The zero-order valence-electron chi connectivity index (χ0n) is 14.8. The maximum atomic E-state index is 12.6. The maximum Gasteiger partial charge on any atom is 0.254 e. The first-order valence-corrected chi connectivity index (χ1v) is 9.85. The molecule has 1 amide bonds. The topological polar surface area (TPSA) is 84.3 Å². The molecule has 0 atom stereocenters. The van der Waals surface area contributed by atoms with Gasteiger partial charge in [0.05, 0.1) is 11.1 Å². The first-order chi connectivity index (χ1) is 12.3. The molecule has 138 valence electrons. The Morgan fingerprint density at radius 2 is 2.15 bits per heavy atom. The summed E-state index contributed by atoms with van der Waals surface area (Å²) >= 11 is 0. The standard InChI is InChI=1S/C18H22N4O3S/c1-14-6-8-22(9-7-14)18(23)16-4-3-5-17(10-16)26(24,25)20-12-15-11-19-21(2)13-15/h3-6,10-11,13,20H,7-9,12H2,1-2H3. The van der Waals surface area contributed by atoms with Crippen molar-refractivity contribution in [3.8, 4) is 0 Å². The Labute approximate surface area is 153 Å². The van der Waals surface area contributed by atoms with E-state index in [0.717, 1.165) is 12.0 Å². The van der Waals surface area contributed by atoms with Crippen LogP contribution < -0.4 is 4.72 Å². The largest absolute Gasteiger partial charge is 0.335 e. The van der Waals surface area contributed by atoms with Gasteiger partial charge in [-0.1, -0.05) is 17.7 Å². The molecular formula is C18H22N4O3S. The summed E-state index contributed by atoms with van der Waals surface area (Å²) in [7, 11) is -1.95. The van der Waals surface area contributed by atoms with E-state index >= 15 is 0 Å². The summed E-state index contributed by atoms with van der Waals surface area (Å²) in [4.78, 5) is 14.4. The van der Waals surface area contributed by atoms with Gasteiger partial charge < -0.3 is 4.90 Å². The number of hydrogen-bond acceptors (Lipinski definition) is 4. The zero-order chi connectivity index (χ0) is 18.7. The van der Waals surface area contributed by atoms with Crippen molar-refractivity contribution in [3.05, 3.63) is 59.4 Å². The van der Waals surface area contributed by atoms with Crippen LogP contribution in [0, 0.1) is 0 Å². The monoisotopic (exact) mass is 374 g/mol. The summed E-state index contributed by atoms with van der Waals surface area (Å²) in [5, 5.41) is 4.01. The molecule has 0 aliphatic carbocycles. The number of amides is 1. The van der Waals surface area contributed by atoms with E-state index in [2.05, 4.69) is 9.82 Å². The van der Waals surface area contributed by atoms with E-state index in [-0.39, 0.29) is 17.3 Å². The number of rotatable bonds is 5. The molecule has 3 rings (SSSR count). The second-order valence-electron chi connectivity index (χ2n) is 6.43. The smallest absolute Gasteiger partial charge is 0.254 e. The van der Waals surface area contributed by atoms with Crippen molar-refractivity contribution in [1.82, 2.24) is 19.4 Å². The summed E-state index contributed by atoms with van der Waals surface area (Å²) < 4.78 is 29.2. The Morgan fingerprint density at radius 3 is 2.81 bits per heavy atom. The molecule has 1 aliphatic heterocycles. The summed E-state index contributed by atoms with van der Waals surface area (Å²) in [6.07, 6.45) is 6.22. The molecule has 0 spiro atoms. The third-order valence-corrected chi connectivity index (χ3v) is 5.74. The van der Waals surface area contributed by atoms with Crippen LogP contribution in [0.3, 0.4) is 0 Å². The quantitative estimate of drug-likeness (QED) is 0.807. The lowest BCUT2D eigenvalue weighted by molar-refractivity contribution is 0.0769. The molecule has 2 aromatic rings. The van der Waals surface area contributed by atoms with Gasteiger partial charge in [-0.05, 0) is 31.5 Å². The average Bonchev–Trinajstić information content (AvgIpc) is 3.06. The first kappa shape index (κ1) is 18.3. The number of sulfonamides is 1. The molecule has 1 aliphatic rings. The number of benzene rings is 1. The maximum absolute atomic E-state index is 12.6. The molecule has 0 fully saturated rings. The molecule has 7 nitrogen and oxygen atoms in total. The molecule has 0 saturated carbocycles. The number of carbonyl (C=O) groups is 1. The van der Waals surface area contributed by atoms with Crippen molar-refractivity contribution in [2.45, 2.75) is 24.8 Å². The Morgan fingerprint density at radius 1 is 1.35 bits per heavy atom. The Bertz CT molecular complexity index is 947. The highest BCUT2D eigenvalue weighted by Crippen LogP contribution is 2.17. The third kappa shape index (κ3) is 4.20. The Hall–Kier alpha value is -2.45. The molecule has 1 N–H and O–H groups in total. The predicted octanol–water partition coefficient (Wildman–Crippen LogP) is 1.69. The van der Waals surface area contributed by atoms with Crippen molar-refractivity contribution < 1.29 is 13.2 Å². The van der Waals surface area contributed by atoms with Gasteiger partial charge >= 0.3 is 0 Å². The number of aryl methyl sites for hydroxylation is 1. The van der Waals surface area contributed by atoms with Crippen LogP contribution in [0.2, 0.25) is 0 Å². The number of carbonyl (C=O) groups excluding carboxylic acids is 1. The molecule has 2 heterocycles. The van der Waals surface area contributed by atoms with E-state index in [1.165, 1.54) is 17.7 Å². The van der Waals surface area contributed by atoms with Crippen molar-refractivity contribution in [3.63, 3.8) is 0 Å². The Kier molecular flexibility index (Phi) is 5.24. The van der Waals surface area contributed by atoms with Gasteiger partial charge in [0.25, 0.3) is 5.91 Å². The lowest BCUT2D eigenvalue weighted by Crippen LogP contribution is -2.34. The third-order valence-electron chi connectivity index (χ3n) is 4.34. The molecule has 1 aromatic carbocycles. The fraction of sp³-hybridized carbons (Fsp3) is 0.333. The fourth-order valence-electron chi connectivity index (χ4n) is 2.76. The molecule has 26 heavy (non-hydrogen) atoms. The van der Waals surface area contributed by atoms with Crippen molar-refractivity contribution in [2.75, 3.05) is 13.1 Å². The van der Waals surface area contributed by atoms with Gasteiger partial charge in [0.2, 0.25) is 10.0 Å². The van der Waals surface area contributed by atoms with Gasteiger partial charge in [0.1, 0.15) is 0 Å². The van der Waals surface area contributed by atoms with Crippen LogP contribution >= 0.6 is 0 Å². The van der Waals surface area contributed by atoms with E-state index in [1.54, 1.807) is 41.2 Å². The number of nitrogens with zero attached hydrogens (tertiary/aromatic N) is 3. The van der Waals surface area contributed by atoms with E-state index in [4.69, 9.17) is 0 Å². The van der Waals surface area contributed by atoms with E-state index < -0.39 is 10.0 Å². The molecule has 0 bridgehead atoms. The van der Waals surface area contributed by atoms with Crippen molar-refractivity contribution in [1.29, 1.82) is 0 Å². The lowest BCUT2D eigenvalue weighted by Gasteiger charge is -2.25. The molecule has 0 saturated heterocycles. The van der Waals surface area contributed by atoms with Crippen molar-refractivity contribution in [2.24, 2.45) is 7.05 Å². The summed E-state index contributed by atoms with van der Waals surface area (Å²) in [5.41, 5.74) is 2.41. The minimum absolute atomic E-state index is 0.0796. The normalized spacial score (nSPS) is 15.0. The molecule has 0 radical (unpaired) electrons. The second kappa shape index (κ2) is 7.43. The summed E-state index contributed by atoms with van der Waals surface area (Å²) in [5.74, 6) is -0.155. The van der Waals surface area contributed by atoms with Crippen LogP contribution in [-0.4, -0.2) is 42.1 Å². The number of nitrogens with one attached hydrogen (secondary N) is 1. The van der Waals surface area contributed by atoms with Crippen LogP contribution in [-0.2, 0) is 23.6 Å².